The van der Waals surface area contributed by atoms with Crippen molar-refractivity contribution in [3.8, 4) is 28.7 Å². The standard InChI is InChI=1S/C23H14Cl2N2O2S/c1-13-2-4-14(5-3-13)19-12-30-23(27-19)17(11-26)22(28)21-9-8-20(29-21)16-7-6-15(24)10-18(16)25/h2-10,12,28H,1H3. The molecular formula is C23H14Cl2N2O2S. The van der Waals surface area contributed by atoms with Gasteiger partial charge in [-0.2, -0.15) is 5.26 Å². The SMILES string of the molecule is Cc1ccc(-c2csc(C(C#N)=C(O)c3ccc(-c4ccc(Cl)cc4Cl)o3)n2)cc1. The summed E-state index contributed by atoms with van der Waals surface area (Å²) in [6.45, 7) is 2.01. The van der Waals surface area contributed by atoms with Crippen molar-refractivity contribution in [2.75, 3.05) is 0 Å². The molecule has 0 amide bonds. The Morgan fingerprint density at radius 2 is 1.87 bits per heavy atom. The average molecular weight is 453 g/mol. The molecule has 2 heterocycles. The number of hydrogen-bond donors (Lipinski definition) is 1. The fourth-order valence-electron chi connectivity index (χ4n) is 2.87. The molecule has 0 radical (unpaired) electrons. The molecule has 0 saturated carbocycles. The van der Waals surface area contributed by atoms with E-state index < -0.39 is 0 Å². The number of halogens is 2. The molecule has 0 saturated heterocycles. The minimum atomic E-state index is -0.279. The summed E-state index contributed by atoms with van der Waals surface area (Å²) in [5.74, 6) is 0.327. The Morgan fingerprint density at radius 3 is 2.57 bits per heavy atom. The van der Waals surface area contributed by atoms with Crippen LogP contribution in [0.2, 0.25) is 10.0 Å². The number of aryl methyl sites for hydroxylation is 1. The zero-order valence-corrected chi connectivity index (χ0v) is 18.0. The highest BCUT2D eigenvalue weighted by Gasteiger charge is 2.19. The van der Waals surface area contributed by atoms with Crippen molar-refractivity contribution in [3.63, 3.8) is 0 Å². The molecule has 2 aromatic carbocycles. The minimum absolute atomic E-state index is 0.0430. The second kappa shape index (κ2) is 8.37. The van der Waals surface area contributed by atoms with Crippen molar-refractivity contribution < 1.29 is 9.52 Å². The number of furan rings is 1. The van der Waals surface area contributed by atoms with Crippen LogP contribution >= 0.6 is 34.5 Å². The van der Waals surface area contributed by atoms with Crippen molar-refractivity contribution >= 4 is 45.9 Å². The first-order valence-corrected chi connectivity index (χ1v) is 10.5. The second-order valence-corrected chi connectivity index (χ2v) is 8.23. The molecule has 148 valence electrons. The molecule has 4 rings (SSSR count). The van der Waals surface area contributed by atoms with Crippen LogP contribution in [0.5, 0.6) is 0 Å². The van der Waals surface area contributed by atoms with Gasteiger partial charge in [0.1, 0.15) is 22.4 Å². The van der Waals surface area contributed by atoms with Crippen LogP contribution in [0.1, 0.15) is 16.3 Å². The summed E-state index contributed by atoms with van der Waals surface area (Å²) in [5, 5.41) is 23.5. The summed E-state index contributed by atoms with van der Waals surface area (Å²) in [6, 6.07) is 18.3. The lowest BCUT2D eigenvalue weighted by atomic mass is 10.1. The van der Waals surface area contributed by atoms with E-state index in [1.165, 1.54) is 11.3 Å². The van der Waals surface area contributed by atoms with Gasteiger partial charge in [0.05, 0.1) is 10.7 Å². The van der Waals surface area contributed by atoms with Crippen LogP contribution < -0.4 is 0 Å². The highest BCUT2D eigenvalue weighted by Crippen LogP contribution is 2.35. The molecule has 1 N–H and O–H groups in total. The van der Waals surface area contributed by atoms with Gasteiger partial charge in [0.15, 0.2) is 11.5 Å². The summed E-state index contributed by atoms with van der Waals surface area (Å²) in [4.78, 5) is 4.52. The third kappa shape index (κ3) is 3.99. The third-order valence-electron chi connectivity index (χ3n) is 4.45. The monoisotopic (exact) mass is 452 g/mol. The van der Waals surface area contributed by atoms with Gasteiger partial charge in [0.25, 0.3) is 0 Å². The molecule has 0 fully saturated rings. The van der Waals surface area contributed by atoms with Gasteiger partial charge in [-0.1, -0.05) is 53.0 Å². The summed E-state index contributed by atoms with van der Waals surface area (Å²) < 4.78 is 5.75. The number of nitriles is 1. The van der Waals surface area contributed by atoms with Gasteiger partial charge < -0.3 is 9.52 Å². The van der Waals surface area contributed by atoms with Gasteiger partial charge in [0.2, 0.25) is 0 Å². The maximum Gasteiger partial charge on any atom is 0.179 e. The van der Waals surface area contributed by atoms with Crippen LogP contribution in [0.4, 0.5) is 0 Å². The van der Waals surface area contributed by atoms with E-state index in [-0.39, 0.29) is 17.1 Å². The first-order valence-electron chi connectivity index (χ1n) is 8.88. The number of nitrogens with zero attached hydrogens (tertiary/aromatic N) is 2. The van der Waals surface area contributed by atoms with E-state index in [2.05, 4.69) is 4.98 Å². The summed E-state index contributed by atoms with van der Waals surface area (Å²) in [6.07, 6.45) is 0. The Morgan fingerprint density at radius 1 is 1.10 bits per heavy atom. The Hall–Kier alpha value is -3.04. The number of aromatic nitrogens is 1. The lowest BCUT2D eigenvalue weighted by Gasteiger charge is -2.02. The van der Waals surface area contributed by atoms with Gasteiger partial charge in [0, 0.05) is 21.5 Å². The summed E-state index contributed by atoms with van der Waals surface area (Å²) >= 11 is 13.5. The van der Waals surface area contributed by atoms with E-state index >= 15 is 0 Å². The highest BCUT2D eigenvalue weighted by atomic mass is 35.5. The zero-order valence-electron chi connectivity index (χ0n) is 15.7. The molecule has 0 unspecified atom stereocenters. The van der Waals surface area contributed by atoms with E-state index in [4.69, 9.17) is 27.6 Å². The average Bonchev–Trinajstić information content (AvgIpc) is 3.39. The molecule has 0 aliphatic carbocycles. The number of aliphatic hydroxyl groups excluding tert-OH is 1. The van der Waals surface area contributed by atoms with Crippen molar-refractivity contribution in [3.05, 3.63) is 86.4 Å². The lowest BCUT2D eigenvalue weighted by molar-refractivity contribution is 0.466. The maximum atomic E-state index is 10.7. The Kier molecular flexibility index (Phi) is 5.65. The van der Waals surface area contributed by atoms with Crippen LogP contribution in [0.15, 0.2) is 64.4 Å². The van der Waals surface area contributed by atoms with Crippen LogP contribution in [0.3, 0.4) is 0 Å². The van der Waals surface area contributed by atoms with Gasteiger partial charge in [-0.15, -0.1) is 11.3 Å². The van der Waals surface area contributed by atoms with Crippen molar-refractivity contribution in [2.24, 2.45) is 0 Å². The molecule has 0 aliphatic heterocycles. The molecule has 30 heavy (non-hydrogen) atoms. The predicted molar refractivity (Wildman–Crippen MR) is 122 cm³/mol. The highest BCUT2D eigenvalue weighted by molar-refractivity contribution is 7.11. The number of rotatable bonds is 4. The Bertz CT molecular complexity index is 1300. The van der Waals surface area contributed by atoms with E-state index in [1.807, 2.05) is 42.6 Å². The van der Waals surface area contributed by atoms with E-state index in [0.29, 0.717) is 26.4 Å². The number of benzene rings is 2. The Labute approximate surface area is 187 Å². The topological polar surface area (TPSA) is 70.0 Å². The number of aliphatic hydroxyl groups is 1. The Balaban J connectivity index is 1.69. The maximum absolute atomic E-state index is 10.7. The van der Waals surface area contributed by atoms with Crippen LogP contribution in [-0.2, 0) is 0 Å². The first-order chi connectivity index (χ1) is 14.5. The molecule has 0 bridgehead atoms. The quantitative estimate of drug-likeness (QED) is 0.255. The molecule has 2 aromatic heterocycles. The van der Waals surface area contributed by atoms with Crippen LogP contribution in [0, 0.1) is 18.3 Å². The largest absolute Gasteiger partial charge is 0.503 e. The summed E-state index contributed by atoms with van der Waals surface area (Å²) in [5.41, 5.74) is 3.51. The molecule has 0 atom stereocenters. The molecule has 7 heteroatoms. The van der Waals surface area contributed by atoms with E-state index in [9.17, 15) is 10.4 Å². The fraction of sp³-hybridized carbons (Fsp3) is 0.0435. The molecule has 4 aromatic rings. The summed E-state index contributed by atoms with van der Waals surface area (Å²) in [7, 11) is 0. The zero-order chi connectivity index (χ0) is 21.3. The van der Waals surface area contributed by atoms with Gasteiger partial charge >= 0.3 is 0 Å². The van der Waals surface area contributed by atoms with Crippen LogP contribution in [0.25, 0.3) is 33.9 Å². The molecular weight excluding hydrogens is 439 g/mol. The van der Waals surface area contributed by atoms with Crippen molar-refractivity contribution in [1.82, 2.24) is 4.98 Å². The number of thiazole rings is 1. The lowest BCUT2D eigenvalue weighted by Crippen LogP contribution is -1.89. The number of allylic oxidation sites excluding steroid dienone is 1. The molecule has 0 aliphatic rings. The van der Waals surface area contributed by atoms with E-state index in [0.717, 1.165) is 16.8 Å². The smallest absolute Gasteiger partial charge is 0.179 e. The van der Waals surface area contributed by atoms with Gasteiger partial charge in [-0.25, -0.2) is 4.98 Å². The van der Waals surface area contributed by atoms with Gasteiger partial charge in [-0.05, 0) is 37.3 Å². The van der Waals surface area contributed by atoms with Crippen molar-refractivity contribution in [1.29, 1.82) is 5.26 Å². The third-order valence-corrected chi connectivity index (χ3v) is 5.86. The van der Waals surface area contributed by atoms with Crippen molar-refractivity contribution in [2.45, 2.75) is 6.92 Å². The first kappa shape index (κ1) is 20.2. The van der Waals surface area contributed by atoms with E-state index in [1.54, 1.807) is 30.3 Å². The minimum Gasteiger partial charge on any atom is -0.503 e. The van der Waals surface area contributed by atoms with Gasteiger partial charge in [-0.3, -0.25) is 0 Å². The van der Waals surface area contributed by atoms with Crippen LogP contribution in [-0.4, -0.2) is 10.1 Å². The predicted octanol–water partition coefficient (Wildman–Crippen LogP) is 7.64. The molecule has 4 nitrogen and oxygen atoms in total. The number of hydrogen-bond acceptors (Lipinski definition) is 5. The second-order valence-electron chi connectivity index (χ2n) is 6.53. The normalized spacial score (nSPS) is 11.8. The molecule has 0 spiro atoms. The fourth-order valence-corrected chi connectivity index (χ4v) is 4.19.